The predicted molar refractivity (Wildman–Crippen MR) is 93.4 cm³/mol. The summed E-state index contributed by atoms with van der Waals surface area (Å²) in [5.41, 5.74) is 2.10. The van der Waals surface area contributed by atoms with E-state index in [9.17, 15) is 4.79 Å². The molecule has 0 spiro atoms. The van der Waals surface area contributed by atoms with Gasteiger partial charge in [-0.2, -0.15) is 0 Å². The van der Waals surface area contributed by atoms with E-state index < -0.39 is 0 Å². The molecule has 4 heterocycles. The summed E-state index contributed by atoms with van der Waals surface area (Å²) >= 11 is 9.07. The zero-order chi connectivity index (χ0) is 15.8. The van der Waals surface area contributed by atoms with Crippen molar-refractivity contribution in [1.29, 1.82) is 0 Å². The Kier molecular flexibility index (Phi) is 3.76. The van der Waals surface area contributed by atoms with Gasteiger partial charge in [-0.3, -0.25) is 9.20 Å². The van der Waals surface area contributed by atoms with Crippen LogP contribution in [0, 0.1) is 0 Å². The molecule has 0 aliphatic rings. The van der Waals surface area contributed by atoms with E-state index in [0.717, 1.165) is 15.2 Å². The second-order valence-corrected chi connectivity index (χ2v) is 7.08. The molecule has 4 aromatic heterocycles. The lowest BCUT2D eigenvalue weighted by atomic mass is 10.4. The average molecular weight is 361 g/mol. The van der Waals surface area contributed by atoms with Gasteiger partial charge in [-0.15, -0.1) is 11.3 Å². The van der Waals surface area contributed by atoms with Gasteiger partial charge in [0.15, 0.2) is 0 Å². The zero-order valence-electron chi connectivity index (χ0n) is 11.6. The molecule has 0 amide bonds. The van der Waals surface area contributed by atoms with Crippen molar-refractivity contribution < 1.29 is 0 Å². The van der Waals surface area contributed by atoms with Crippen LogP contribution >= 0.6 is 34.7 Å². The fourth-order valence-electron chi connectivity index (χ4n) is 2.21. The fraction of sp³-hybridized carbons (Fsp3) is 0.0667. The quantitative estimate of drug-likeness (QED) is 0.412. The summed E-state index contributed by atoms with van der Waals surface area (Å²) in [6, 6.07) is 6.96. The standard InChI is InChI=1S/C15H9ClN4OS2/c16-9-1-2-12-19-10(5-13(21)20(12)6-9)7-23-15-14-11(3-4-22-14)17-8-18-15/h1-6,8H,7H2. The van der Waals surface area contributed by atoms with Crippen molar-refractivity contribution >= 4 is 50.6 Å². The van der Waals surface area contributed by atoms with Gasteiger partial charge in [-0.1, -0.05) is 23.4 Å². The SMILES string of the molecule is O=c1cc(CSc2ncnc3ccsc23)nc2ccc(Cl)cn12. The average Bonchev–Trinajstić information content (AvgIpc) is 3.03. The van der Waals surface area contributed by atoms with Crippen molar-refractivity contribution in [3.05, 3.63) is 63.2 Å². The van der Waals surface area contributed by atoms with E-state index in [4.69, 9.17) is 11.6 Å². The van der Waals surface area contributed by atoms with Gasteiger partial charge < -0.3 is 0 Å². The minimum Gasteiger partial charge on any atom is -0.269 e. The Bertz CT molecular complexity index is 1080. The topological polar surface area (TPSA) is 60.2 Å². The highest BCUT2D eigenvalue weighted by Crippen LogP contribution is 2.30. The van der Waals surface area contributed by atoms with Crippen LogP contribution in [0.4, 0.5) is 0 Å². The maximum Gasteiger partial charge on any atom is 0.258 e. The molecule has 0 aliphatic heterocycles. The van der Waals surface area contributed by atoms with Crippen molar-refractivity contribution in [1.82, 2.24) is 19.4 Å². The normalized spacial score (nSPS) is 11.3. The molecule has 0 fully saturated rings. The summed E-state index contributed by atoms with van der Waals surface area (Å²) in [5, 5.41) is 3.40. The third-order valence-electron chi connectivity index (χ3n) is 3.24. The first kappa shape index (κ1) is 14.6. The van der Waals surface area contributed by atoms with Crippen molar-refractivity contribution in [3.63, 3.8) is 0 Å². The highest BCUT2D eigenvalue weighted by Gasteiger charge is 2.08. The fourth-order valence-corrected chi connectivity index (χ4v) is 4.21. The van der Waals surface area contributed by atoms with Crippen molar-refractivity contribution in [2.45, 2.75) is 10.8 Å². The van der Waals surface area contributed by atoms with Gasteiger partial charge in [0.1, 0.15) is 17.0 Å². The van der Waals surface area contributed by atoms with Gasteiger partial charge in [-0.25, -0.2) is 15.0 Å². The molecule has 4 rings (SSSR count). The van der Waals surface area contributed by atoms with E-state index in [1.165, 1.54) is 10.5 Å². The summed E-state index contributed by atoms with van der Waals surface area (Å²) in [4.78, 5) is 25.2. The third-order valence-corrected chi connectivity index (χ3v) is 5.53. The lowest BCUT2D eigenvalue weighted by molar-refractivity contribution is 1.01. The van der Waals surface area contributed by atoms with Gasteiger partial charge >= 0.3 is 0 Å². The van der Waals surface area contributed by atoms with Crippen LogP contribution in [0.2, 0.25) is 5.02 Å². The van der Waals surface area contributed by atoms with Crippen LogP contribution in [0.25, 0.3) is 15.9 Å². The first-order valence-corrected chi connectivity index (χ1v) is 8.94. The summed E-state index contributed by atoms with van der Waals surface area (Å²) < 4.78 is 2.50. The van der Waals surface area contributed by atoms with Crippen LogP contribution in [-0.4, -0.2) is 19.4 Å². The number of rotatable bonds is 3. The minimum absolute atomic E-state index is 0.142. The Morgan fingerprint density at radius 3 is 3.09 bits per heavy atom. The number of halogens is 1. The summed E-state index contributed by atoms with van der Waals surface area (Å²) in [5.74, 6) is 0.568. The van der Waals surface area contributed by atoms with Crippen LogP contribution in [0.3, 0.4) is 0 Å². The molecular weight excluding hydrogens is 352 g/mol. The molecule has 0 bridgehead atoms. The van der Waals surface area contributed by atoms with Gasteiger partial charge in [0.2, 0.25) is 0 Å². The monoisotopic (exact) mass is 360 g/mol. The van der Waals surface area contributed by atoms with E-state index in [1.54, 1.807) is 47.8 Å². The Balaban J connectivity index is 1.67. The first-order chi connectivity index (χ1) is 11.2. The summed E-state index contributed by atoms with van der Waals surface area (Å²) in [7, 11) is 0. The molecule has 0 N–H and O–H groups in total. The number of pyridine rings is 1. The third kappa shape index (κ3) is 2.83. The van der Waals surface area contributed by atoms with E-state index in [-0.39, 0.29) is 5.56 Å². The van der Waals surface area contributed by atoms with Crippen LogP contribution in [0.15, 0.2) is 52.0 Å². The molecular formula is C15H9ClN4OS2. The molecule has 0 unspecified atom stereocenters. The highest BCUT2D eigenvalue weighted by atomic mass is 35.5. The Hall–Kier alpha value is -1.96. The predicted octanol–water partition coefficient (Wildman–Crippen LogP) is 3.64. The number of nitrogens with zero attached hydrogens (tertiary/aromatic N) is 4. The number of thiophene rings is 1. The molecule has 8 heteroatoms. The van der Waals surface area contributed by atoms with E-state index >= 15 is 0 Å². The lowest BCUT2D eigenvalue weighted by Crippen LogP contribution is -2.15. The van der Waals surface area contributed by atoms with Crippen molar-refractivity contribution in [2.24, 2.45) is 0 Å². The molecule has 0 atom stereocenters. The molecule has 0 aromatic carbocycles. The smallest absolute Gasteiger partial charge is 0.258 e. The van der Waals surface area contributed by atoms with E-state index in [1.807, 2.05) is 11.4 Å². The number of thioether (sulfide) groups is 1. The van der Waals surface area contributed by atoms with Crippen molar-refractivity contribution in [2.75, 3.05) is 0 Å². The zero-order valence-corrected chi connectivity index (χ0v) is 14.0. The van der Waals surface area contributed by atoms with Crippen LogP contribution in [0.5, 0.6) is 0 Å². The van der Waals surface area contributed by atoms with Gasteiger partial charge in [0.25, 0.3) is 5.56 Å². The second-order valence-electron chi connectivity index (χ2n) is 4.76. The van der Waals surface area contributed by atoms with Gasteiger partial charge in [0, 0.05) is 18.0 Å². The van der Waals surface area contributed by atoms with E-state index in [2.05, 4.69) is 15.0 Å². The van der Waals surface area contributed by atoms with E-state index in [0.29, 0.717) is 22.1 Å². The Morgan fingerprint density at radius 1 is 1.26 bits per heavy atom. The van der Waals surface area contributed by atoms with Crippen LogP contribution in [-0.2, 0) is 5.75 Å². The minimum atomic E-state index is -0.142. The molecule has 0 saturated heterocycles. The lowest BCUT2D eigenvalue weighted by Gasteiger charge is -2.05. The molecule has 5 nitrogen and oxygen atoms in total. The van der Waals surface area contributed by atoms with Crippen LogP contribution < -0.4 is 5.56 Å². The maximum absolute atomic E-state index is 12.2. The number of hydrogen-bond acceptors (Lipinski definition) is 6. The number of hydrogen-bond donors (Lipinski definition) is 0. The Labute approximate surface area is 144 Å². The molecule has 114 valence electrons. The molecule has 23 heavy (non-hydrogen) atoms. The molecule has 4 aromatic rings. The molecule has 0 saturated carbocycles. The second kappa shape index (κ2) is 5.92. The van der Waals surface area contributed by atoms with Gasteiger partial charge in [-0.05, 0) is 23.6 Å². The summed E-state index contributed by atoms with van der Waals surface area (Å²) in [6.45, 7) is 0. The number of aromatic nitrogens is 4. The highest BCUT2D eigenvalue weighted by molar-refractivity contribution is 7.98. The van der Waals surface area contributed by atoms with Gasteiger partial charge in [0.05, 0.1) is 20.9 Å². The largest absolute Gasteiger partial charge is 0.269 e. The number of fused-ring (bicyclic) bond motifs is 2. The molecule has 0 aliphatic carbocycles. The van der Waals surface area contributed by atoms with Crippen molar-refractivity contribution in [3.8, 4) is 0 Å². The maximum atomic E-state index is 12.2. The van der Waals surface area contributed by atoms with Crippen LogP contribution in [0.1, 0.15) is 5.69 Å². The summed E-state index contributed by atoms with van der Waals surface area (Å²) in [6.07, 6.45) is 3.13. The first-order valence-electron chi connectivity index (χ1n) is 6.69. The Morgan fingerprint density at radius 2 is 2.17 bits per heavy atom. The molecule has 0 radical (unpaired) electrons.